The van der Waals surface area contributed by atoms with Gasteiger partial charge < -0.3 is 15.4 Å². The zero-order valence-electron chi connectivity index (χ0n) is 12.6. The molecule has 2 amide bonds. The van der Waals surface area contributed by atoms with Crippen LogP contribution in [0, 0.1) is 0 Å². The fourth-order valence-electron chi connectivity index (χ4n) is 2.56. The van der Waals surface area contributed by atoms with Crippen LogP contribution >= 0.6 is 0 Å². The minimum atomic E-state index is -1.06. The van der Waals surface area contributed by atoms with Gasteiger partial charge in [-0.15, -0.1) is 0 Å². The van der Waals surface area contributed by atoms with Gasteiger partial charge in [0, 0.05) is 19.9 Å². The fourth-order valence-corrected chi connectivity index (χ4v) is 2.56. The topological polar surface area (TPSA) is 84.5 Å². The van der Waals surface area contributed by atoms with Crippen molar-refractivity contribution < 1.29 is 19.1 Å². The molecule has 1 aromatic rings. The highest BCUT2D eigenvalue weighted by molar-refractivity contribution is 5.92. The Balaban J connectivity index is 1.96. The van der Waals surface area contributed by atoms with Gasteiger partial charge in [-0.3, -0.25) is 9.59 Å². The highest BCUT2D eigenvalue weighted by Gasteiger charge is 2.42. The van der Waals surface area contributed by atoms with Crippen LogP contribution in [0.3, 0.4) is 0 Å². The van der Waals surface area contributed by atoms with Gasteiger partial charge in [-0.2, -0.15) is 0 Å². The van der Waals surface area contributed by atoms with Crippen molar-refractivity contribution in [2.75, 3.05) is 7.05 Å². The van der Waals surface area contributed by atoms with Crippen LogP contribution in [-0.2, 0) is 20.9 Å². The number of alkyl carbamates (subject to hydrolysis) is 1. The van der Waals surface area contributed by atoms with E-state index >= 15 is 0 Å². The van der Waals surface area contributed by atoms with E-state index < -0.39 is 11.6 Å². The van der Waals surface area contributed by atoms with E-state index in [0.717, 1.165) is 5.56 Å². The lowest BCUT2D eigenvalue weighted by atomic mass is 9.80. The fraction of sp³-hybridized carbons (Fsp3) is 0.438. The Hall–Kier alpha value is -2.37. The molecule has 1 aromatic carbocycles. The summed E-state index contributed by atoms with van der Waals surface area (Å²) < 4.78 is 5.16. The van der Waals surface area contributed by atoms with Crippen molar-refractivity contribution in [3.05, 3.63) is 35.9 Å². The number of Topliss-reactive ketones (excluding diaryl/α,β-unsaturated/α-hetero) is 1. The number of hydrogen-bond donors (Lipinski definition) is 2. The molecule has 0 unspecified atom stereocenters. The molecule has 0 aliphatic heterocycles. The van der Waals surface area contributed by atoms with E-state index in [1.807, 2.05) is 30.3 Å². The number of amides is 2. The molecule has 1 aliphatic carbocycles. The number of likely N-dealkylation sites (N-methyl/N-ethyl adjacent to an activating group) is 1. The average molecular weight is 304 g/mol. The minimum absolute atomic E-state index is 0.110. The van der Waals surface area contributed by atoms with Gasteiger partial charge >= 0.3 is 6.09 Å². The molecule has 6 heteroatoms. The summed E-state index contributed by atoms with van der Waals surface area (Å²) in [5.74, 6) is -0.185. The standard InChI is InChI=1S/C16H20N2O4/c1-17-14(20)16(9-7-13(19)8-10-16)18-15(21)22-11-12-5-3-2-4-6-12/h2-6H,7-11H2,1H3,(H,17,20)(H,18,21). The first kappa shape index (κ1) is 16.0. The Morgan fingerprint density at radius 1 is 1.18 bits per heavy atom. The molecule has 0 atom stereocenters. The maximum atomic E-state index is 12.1. The van der Waals surface area contributed by atoms with Crippen LogP contribution < -0.4 is 10.6 Å². The number of carbonyl (C=O) groups excluding carboxylic acids is 3. The highest BCUT2D eigenvalue weighted by atomic mass is 16.5. The zero-order valence-corrected chi connectivity index (χ0v) is 12.6. The predicted molar refractivity (Wildman–Crippen MR) is 80.0 cm³/mol. The maximum absolute atomic E-state index is 12.1. The number of ketones is 1. The van der Waals surface area contributed by atoms with Gasteiger partial charge in [0.2, 0.25) is 5.91 Å². The molecule has 0 bridgehead atoms. The second kappa shape index (κ2) is 7.06. The summed E-state index contributed by atoms with van der Waals surface area (Å²) >= 11 is 0. The summed E-state index contributed by atoms with van der Waals surface area (Å²) in [4.78, 5) is 35.5. The maximum Gasteiger partial charge on any atom is 0.408 e. The van der Waals surface area contributed by atoms with E-state index in [9.17, 15) is 14.4 Å². The van der Waals surface area contributed by atoms with Crippen LogP contribution in [0.1, 0.15) is 31.2 Å². The van der Waals surface area contributed by atoms with Crippen molar-refractivity contribution in [3.8, 4) is 0 Å². The van der Waals surface area contributed by atoms with E-state index in [1.165, 1.54) is 7.05 Å². The molecular formula is C16H20N2O4. The van der Waals surface area contributed by atoms with Crippen LogP contribution in [0.25, 0.3) is 0 Å². The minimum Gasteiger partial charge on any atom is -0.445 e. The van der Waals surface area contributed by atoms with Crippen molar-refractivity contribution in [1.29, 1.82) is 0 Å². The Morgan fingerprint density at radius 3 is 2.41 bits per heavy atom. The quantitative estimate of drug-likeness (QED) is 0.883. The highest BCUT2D eigenvalue weighted by Crippen LogP contribution is 2.26. The van der Waals surface area contributed by atoms with Crippen molar-refractivity contribution in [2.24, 2.45) is 0 Å². The van der Waals surface area contributed by atoms with Gasteiger partial charge in [0.15, 0.2) is 0 Å². The van der Waals surface area contributed by atoms with Crippen LogP contribution in [0.4, 0.5) is 4.79 Å². The third-order valence-electron chi connectivity index (χ3n) is 3.88. The molecule has 1 aliphatic rings. The Morgan fingerprint density at radius 2 is 1.82 bits per heavy atom. The molecule has 6 nitrogen and oxygen atoms in total. The Bertz CT molecular complexity index is 547. The lowest BCUT2D eigenvalue weighted by Gasteiger charge is -2.35. The molecule has 0 saturated heterocycles. The van der Waals surface area contributed by atoms with Crippen molar-refractivity contribution >= 4 is 17.8 Å². The lowest BCUT2D eigenvalue weighted by molar-refractivity contribution is -0.131. The SMILES string of the molecule is CNC(=O)C1(NC(=O)OCc2ccccc2)CCC(=O)CC1. The van der Waals surface area contributed by atoms with Gasteiger partial charge in [-0.05, 0) is 18.4 Å². The third-order valence-corrected chi connectivity index (χ3v) is 3.88. The summed E-state index contributed by atoms with van der Waals surface area (Å²) in [6.45, 7) is 0.134. The molecule has 0 heterocycles. The molecule has 2 N–H and O–H groups in total. The summed E-state index contributed by atoms with van der Waals surface area (Å²) in [6.07, 6.45) is 0.512. The molecular weight excluding hydrogens is 284 g/mol. The zero-order chi connectivity index (χ0) is 16.0. The van der Waals surface area contributed by atoms with E-state index in [1.54, 1.807) is 0 Å². The summed E-state index contributed by atoms with van der Waals surface area (Å²) in [5, 5.41) is 5.20. The number of rotatable bonds is 4. The largest absolute Gasteiger partial charge is 0.445 e. The molecule has 118 valence electrons. The molecule has 0 aromatic heterocycles. The van der Waals surface area contributed by atoms with E-state index in [0.29, 0.717) is 12.8 Å². The average Bonchev–Trinajstić information content (AvgIpc) is 2.55. The van der Waals surface area contributed by atoms with Crippen molar-refractivity contribution in [2.45, 2.75) is 37.8 Å². The van der Waals surface area contributed by atoms with Crippen molar-refractivity contribution in [3.63, 3.8) is 0 Å². The van der Waals surface area contributed by atoms with Crippen LogP contribution in [0.2, 0.25) is 0 Å². The van der Waals surface area contributed by atoms with E-state index in [4.69, 9.17) is 4.74 Å². The van der Waals surface area contributed by atoms with Crippen LogP contribution in [0.5, 0.6) is 0 Å². The number of carbonyl (C=O) groups is 3. The monoisotopic (exact) mass is 304 g/mol. The smallest absolute Gasteiger partial charge is 0.408 e. The summed E-state index contributed by atoms with van der Waals surface area (Å²) in [7, 11) is 1.51. The molecule has 22 heavy (non-hydrogen) atoms. The first-order valence-electron chi connectivity index (χ1n) is 7.28. The number of ether oxygens (including phenoxy) is 1. The van der Waals surface area contributed by atoms with Gasteiger partial charge in [0.1, 0.15) is 17.9 Å². The lowest BCUT2D eigenvalue weighted by Crippen LogP contribution is -2.59. The van der Waals surface area contributed by atoms with E-state index in [-0.39, 0.29) is 31.1 Å². The first-order valence-corrected chi connectivity index (χ1v) is 7.28. The molecule has 1 saturated carbocycles. The number of nitrogens with one attached hydrogen (secondary N) is 2. The van der Waals surface area contributed by atoms with Crippen molar-refractivity contribution in [1.82, 2.24) is 10.6 Å². The van der Waals surface area contributed by atoms with Gasteiger partial charge in [0.25, 0.3) is 0 Å². The normalized spacial score (nSPS) is 16.7. The van der Waals surface area contributed by atoms with Gasteiger partial charge in [-0.25, -0.2) is 4.79 Å². The predicted octanol–water partition coefficient (Wildman–Crippen LogP) is 1.54. The molecule has 0 spiro atoms. The second-order valence-corrected chi connectivity index (χ2v) is 5.39. The summed E-state index contributed by atoms with van der Waals surface area (Å²) in [5.41, 5.74) is -0.193. The van der Waals surface area contributed by atoms with Gasteiger partial charge in [-0.1, -0.05) is 30.3 Å². The second-order valence-electron chi connectivity index (χ2n) is 5.39. The summed E-state index contributed by atoms with van der Waals surface area (Å²) in [6, 6.07) is 9.29. The molecule has 0 radical (unpaired) electrons. The third kappa shape index (κ3) is 3.84. The van der Waals surface area contributed by atoms with Crippen LogP contribution in [0.15, 0.2) is 30.3 Å². The number of benzene rings is 1. The first-order chi connectivity index (χ1) is 10.6. The Kier molecular flexibility index (Phi) is 5.14. The Labute approximate surface area is 129 Å². The van der Waals surface area contributed by atoms with Gasteiger partial charge in [0.05, 0.1) is 0 Å². The number of hydrogen-bond acceptors (Lipinski definition) is 4. The van der Waals surface area contributed by atoms with E-state index in [2.05, 4.69) is 10.6 Å². The molecule has 1 fully saturated rings. The van der Waals surface area contributed by atoms with Crippen LogP contribution in [-0.4, -0.2) is 30.4 Å². The molecule has 2 rings (SSSR count).